The Morgan fingerprint density at radius 2 is 2.46 bits per heavy atom. The SMILES string of the molecule is C[C@@H](Nc1ncccc1N)C(=O)O. The summed E-state index contributed by atoms with van der Waals surface area (Å²) in [5.74, 6) is -0.539. The van der Waals surface area contributed by atoms with Crippen molar-refractivity contribution in [1.82, 2.24) is 4.98 Å². The van der Waals surface area contributed by atoms with Crippen molar-refractivity contribution in [2.75, 3.05) is 11.1 Å². The van der Waals surface area contributed by atoms with Gasteiger partial charge in [-0.1, -0.05) is 0 Å². The van der Waals surface area contributed by atoms with E-state index in [2.05, 4.69) is 10.3 Å². The molecule has 0 radical (unpaired) electrons. The van der Waals surface area contributed by atoms with E-state index in [9.17, 15) is 4.79 Å². The third-order valence-corrected chi connectivity index (χ3v) is 1.56. The summed E-state index contributed by atoms with van der Waals surface area (Å²) in [6.07, 6.45) is 1.55. The minimum absolute atomic E-state index is 0.400. The van der Waals surface area contributed by atoms with E-state index >= 15 is 0 Å². The molecule has 1 heterocycles. The molecule has 5 heteroatoms. The quantitative estimate of drug-likeness (QED) is 0.633. The van der Waals surface area contributed by atoms with E-state index in [0.717, 1.165) is 0 Å². The topological polar surface area (TPSA) is 88.2 Å². The normalized spacial score (nSPS) is 12.1. The number of aliphatic carboxylic acids is 1. The molecule has 1 rings (SSSR count). The molecule has 13 heavy (non-hydrogen) atoms. The van der Waals surface area contributed by atoms with Gasteiger partial charge in [0, 0.05) is 6.20 Å². The minimum atomic E-state index is -0.940. The Labute approximate surface area is 75.6 Å². The average molecular weight is 181 g/mol. The number of nitrogen functional groups attached to an aromatic ring is 1. The van der Waals surface area contributed by atoms with Crippen molar-refractivity contribution in [2.24, 2.45) is 0 Å². The summed E-state index contributed by atoms with van der Waals surface area (Å²) < 4.78 is 0. The van der Waals surface area contributed by atoms with Gasteiger partial charge in [0.15, 0.2) is 0 Å². The van der Waals surface area contributed by atoms with Crippen LogP contribution in [0.25, 0.3) is 0 Å². The Morgan fingerprint density at radius 1 is 1.77 bits per heavy atom. The van der Waals surface area contributed by atoms with Gasteiger partial charge in [-0.05, 0) is 19.1 Å². The Balaban J connectivity index is 2.74. The second-order valence-corrected chi connectivity index (χ2v) is 2.65. The Morgan fingerprint density at radius 3 is 3.00 bits per heavy atom. The van der Waals surface area contributed by atoms with E-state index in [1.807, 2.05) is 0 Å². The van der Waals surface area contributed by atoms with Crippen LogP contribution in [0.2, 0.25) is 0 Å². The van der Waals surface area contributed by atoms with Crippen LogP contribution in [0.15, 0.2) is 18.3 Å². The fourth-order valence-corrected chi connectivity index (χ4v) is 0.805. The Hall–Kier alpha value is -1.78. The van der Waals surface area contributed by atoms with Gasteiger partial charge in [0.1, 0.15) is 11.9 Å². The van der Waals surface area contributed by atoms with Crippen LogP contribution in [0.5, 0.6) is 0 Å². The molecule has 0 aliphatic heterocycles. The molecule has 0 spiro atoms. The highest BCUT2D eigenvalue weighted by Gasteiger charge is 2.11. The second kappa shape index (κ2) is 3.75. The van der Waals surface area contributed by atoms with Crippen molar-refractivity contribution in [3.8, 4) is 0 Å². The molecular weight excluding hydrogens is 170 g/mol. The van der Waals surface area contributed by atoms with Crippen LogP contribution in [0, 0.1) is 0 Å². The lowest BCUT2D eigenvalue weighted by atomic mass is 10.3. The maximum absolute atomic E-state index is 10.5. The van der Waals surface area contributed by atoms with Gasteiger partial charge >= 0.3 is 5.97 Å². The third-order valence-electron chi connectivity index (χ3n) is 1.56. The molecule has 1 aromatic rings. The summed E-state index contributed by atoms with van der Waals surface area (Å²) in [5.41, 5.74) is 5.99. The molecular formula is C8H11N3O2. The van der Waals surface area contributed by atoms with E-state index in [-0.39, 0.29) is 0 Å². The smallest absolute Gasteiger partial charge is 0.325 e. The summed E-state index contributed by atoms with van der Waals surface area (Å²) in [6, 6.07) is 2.65. The zero-order valence-electron chi connectivity index (χ0n) is 7.19. The Kier molecular flexibility index (Phi) is 2.69. The first-order chi connectivity index (χ1) is 6.11. The highest BCUT2D eigenvalue weighted by Crippen LogP contribution is 2.13. The average Bonchev–Trinajstić information content (AvgIpc) is 2.08. The van der Waals surface area contributed by atoms with Crippen molar-refractivity contribution >= 4 is 17.5 Å². The van der Waals surface area contributed by atoms with Crippen LogP contribution in [0.1, 0.15) is 6.92 Å². The molecule has 1 atom stereocenters. The molecule has 5 nitrogen and oxygen atoms in total. The van der Waals surface area contributed by atoms with Gasteiger partial charge < -0.3 is 16.2 Å². The lowest BCUT2D eigenvalue weighted by Gasteiger charge is -2.10. The molecule has 0 amide bonds. The molecule has 0 fully saturated rings. The van der Waals surface area contributed by atoms with Crippen LogP contribution in [-0.2, 0) is 4.79 Å². The number of nitrogens with one attached hydrogen (secondary N) is 1. The van der Waals surface area contributed by atoms with Crippen molar-refractivity contribution < 1.29 is 9.90 Å². The molecule has 0 saturated carbocycles. The molecule has 0 saturated heterocycles. The maximum atomic E-state index is 10.5. The van der Waals surface area contributed by atoms with Gasteiger partial charge in [-0.2, -0.15) is 0 Å². The van der Waals surface area contributed by atoms with Gasteiger partial charge in [0.05, 0.1) is 5.69 Å². The van der Waals surface area contributed by atoms with Crippen LogP contribution in [0.3, 0.4) is 0 Å². The molecule has 0 aliphatic carbocycles. The molecule has 1 aromatic heterocycles. The third kappa shape index (κ3) is 2.33. The van der Waals surface area contributed by atoms with E-state index in [1.165, 1.54) is 6.92 Å². The van der Waals surface area contributed by atoms with Crippen molar-refractivity contribution in [3.05, 3.63) is 18.3 Å². The van der Waals surface area contributed by atoms with Crippen molar-refractivity contribution in [2.45, 2.75) is 13.0 Å². The number of rotatable bonds is 3. The monoisotopic (exact) mass is 181 g/mol. The summed E-state index contributed by atoms with van der Waals surface area (Å²) in [4.78, 5) is 14.4. The zero-order valence-corrected chi connectivity index (χ0v) is 7.19. The van der Waals surface area contributed by atoms with Gasteiger partial charge in [-0.3, -0.25) is 4.79 Å². The Bertz CT molecular complexity index is 314. The first kappa shape index (κ1) is 9.31. The van der Waals surface area contributed by atoms with E-state index in [1.54, 1.807) is 18.3 Å². The largest absolute Gasteiger partial charge is 0.480 e. The van der Waals surface area contributed by atoms with Gasteiger partial charge in [-0.15, -0.1) is 0 Å². The number of aromatic nitrogens is 1. The molecule has 0 aromatic carbocycles. The molecule has 4 N–H and O–H groups in total. The first-order valence-electron chi connectivity index (χ1n) is 3.81. The standard InChI is InChI=1S/C8H11N3O2/c1-5(8(12)13)11-7-6(9)3-2-4-10-7/h2-5H,9H2,1H3,(H,10,11)(H,12,13)/t5-/m1/s1. The van der Waals surface area contributed by atoms with Crippen LogP contribution < -0.4 is 11.1 Å². The fourth-order valence-electron chi connectivity index (χ4n) is 0.805. The summed E-state index contributed by atoms with van der Waals surface area (Å²) in [7, 11) is 0. The first-order valence-corrected chi connectivity index (χ1v) is 3.81. The summed E-state index contributed by atoms with van der Waals surface area (Å²) in [6.45, 7) is 1.52. The molecule has 0 aliphatic rings. The van der Waals surface area contributed by atoms with E-state index in [4.69, 9.17) is 10.8 Å². The van der Waals surface area contributed by atoms with Crippen molar-refractivity contribution in [1.29, 1.82) is 0 Å². The summed E-state index contributed by atoms with van der Waals surface area (Å²) in [5, 5.41) is 11.3. The molecule has 0 bridgehead atoms. The van der Waals surface area contributed by atoms with Crippen LogP contribution >= 0.6 is 0 Å². The highest BCUT2D eigenvalue weighted by molar-refractivity contribution is 5.77. The number of hydrogen-bond acceptors (Lipinski definition) is 4. The van der Waals surface area contributed by atoms with Gasteiger partial charge in [0.2, 0.25) is 0 Å². The predicted molar refractivity (Wildman–Crippen MR) is 49.4 cm³/mol. The molecule has 0 unspecified atom stereocenters. The van der Waals surface area contributed by atoms with Crippen LogP contribution in [0.4, 0.5) is 11.5 Å². The van der Waals surface area contributed by atoms with E-state index < -0.39 is 12.0 Å². The lowest BCUT2D eigenvalue weighted by molar-refractivity contribution is -0.137. The zero-order chi connectivity index (χ0) is 9.84. The number of hydrogen-bond donors (Lipinski definition) is 3. The number of carbonyl (C=O) groups is 1. The number of nitrogens with two attached hydrogens (primary N) is 1. The predicted octanol–water partition coefficient (Wildman–Crippen LogP) is 0.549. The second-order valence-electron chi connectivity index (χ2n) is 2.65. The number of pyridine rings is 1. The summed E-state index contributed by atoms with van der Waals surface area (Å²) >= 11 is 0. The lowest BCUT2D eigenvalue weighted by Crippen LogP contribution is -2.26. The fraction of sp³-hybridized carbons (Fsp3) is 0.250. The van der Waals surface area contributed by atoms with Crippen molar-refractivity contribution in [3.63, 3.8) is 0 Å². The molecule has 70 valence electrons. The highest BCUT2D eigenvalue weighted by atomic mass is 16.4. The maximum Gasteiger partial charge on any atom is 0.325 e. The minimum Gasteiger partial charge on any atom is -0.480 e. The van der Waals surface area contributed by atoms with E-state index in [0.29, 0.717) is 11.5 Å². The number of carboxylic acids is 1. The number of carboxylic acid groups (broad SMARTS) is 1. The number of nitrogens with zero attached hydrogens (tertiary/aromatic N) is 1. The van der Waals surface area contributed by atoms with Crippen LogP contribution in [-0.4, -0.2) is 22.1 Å². The van der Waals surface area contributed by atoms with Gasteiger partial charge in [0.25, 0.3) is 0 Å². The van der Waals surface area contributed by atoms with Gasteiger partial charge in [-0.25, -0.2) is 4.98 Å². The number of anilines is 2.